The summed E-state index contributed by atoms with van der Waals surface area (Å²) in [6, 6.07) is 6.47. The molecule has 2 heterocycles. The molecule has 4 nitrogen and oxygen atoms in total. The van der Waals surface area contributed by atoms with Gasteiger partial charge in [0.1, 0.15) is 5.75 Å². The summed E-state index contributed by atoms with van der Waals surface area (Å²) in [5.41, 5.74) is 2.87. The van der Waals surface area contributed by atoms with E-state index in [1.807, 2.05) is 0 Å². The van der Waals surface area contributed by atoms with Crippen molar-refractivity contribution in [2.45, 2.75) is 63.3 Å². The largest absolute Gasteiger partial charge is 0.497 e. The minimum absolute atomic E-state index is 0.0483. The third-order valence-electron chi connectivity index (χ3n) is 6.75. The molecule has 2 fully saturated rings. The lowest BCUT2D eigenvalue weighted by Gasteiger charge is -2.50. The van der Waals surface area contributed by atoms with Crippen LogP contribution in [0.3, 0.4) is 0 Å². The van der Waals surface area contributed by atoms with Gasteiger partial charge in [-0.2, -0.15) is 0 Å². The van der Waals surface area contributed by atoms with Crippen LogP contribution in [0.4, 0.5) is 0 Å². The number of rotatable bonds is 3. The monoisotopic (exact) mass is 356 g/mol. The molecule has 0 bridgehead atoms. The van der Waals surface area contributed by atoms with Gasteiger partial charge < -0.3 is 9.64 Å². The topological polar surface area (TPSA) is 32.8 Å². The van der Waals surface area contributed by atoms with Gasteiger partial charge in [-0.15, -0.1) is 0 Å². The fourth-order valence-corrected chi connectivity index (χ4v) is 5.27. The smallest absolute Gasteiger partial charge is 0.237 e. The average molecular weight is 357 g/mol. The van der Waals surface area contributed by atoms with Crippen molar-refractivity contribution in [3.05, 3.63) is 29.3 Å². The molecule has 0 aromatic heterocycles. The summed E-state index contributed by atoms with van der Waals surface area (Å²) in [6.45, 7) is 3.75. The first-order valence-corrected chi connectivity index (χ1v) is 10.4. The number of benzene rings is 1. The van der Waals surface area contributed by atoms with Gasteiger partial charge in [-0.3, -0.25) is 9.69 Å². The van der Waals surface area contributed by atoms with E-state index in [0.717, 1.165) is 57.5 Å². The van der Waals surface area contributed by atoms with E-state index in [9.17, 15) is 4.79 Å². The molecule has 1 unspecified atom stereocenters. The molecule has 26 heavy (non-hydrogen) atoms. The van der Waals surface area contributed by atoms with Crippen LogP contribution in [0, 0.1) is 0 Å². The summed E-state index contributed by atoms with van der Waals surface area (Å²) in [5, 5.41) is 0. The van der Waals surface area contributed by atoms with Crippen molar-refractivity contribution in [3.8, 4) is 5.75 Å². The summed E-state index contributed by atoms with van der Waals surface area (Å²) in [5.74, 6) is 1.31. The number of nitrogens with zero attached hydrogens (tertiary/aromatic N) is 2. The fraction of sp³-hybridized carbons (Fsp3) is 0.682. The highest BCUT2D eigenvalue weighted by molar-refractivity contribution is 5.79. The standard InChI is InChI=1S/C22H32N2O2/c1-26-20-8-7-19-16-22(11-9-18(19)15-20)10-3-6-14-24(22)21(25)17-23-12-4-2-5-13-23/h7-8,15H,2-6,9-14,16-17H2,1H3. The minimum atomic E-state index is 0.0483. The maximum Gasteiger partial charge on any atom is 0.237 e. The van der Waals surface area contributed by atoms with Gasteiger partial charge in [-0.1, -0.05) is 12.5 Å². The molecule has 2 aliphatic heterocycles. The number of likely N-dealkylation sites (tertiary alicyclic amines) is 2. The van der Waals surface area contributed by atoms with Crippen LogP contribution in [0.2, 0.25) is 0 Å². The van der Waals surface area contributed by atoms with Crippen LogP contribution in [-0.4, -0.2) is 54.5 Å². The van der Waals surface area contributed by atoms with E-state index in [-0.39, 0.29) is 5.54 Å². The van der Waals surface area contributed by atoms with Crippen LogP contribution in [0.1, 0.15) is 56.1 Å². The number of hydrogen-bond acceptors (Lipinski definition) is 3. The number of amides is 1. The molecule has 4 rings (SSSR count). The van der Waals surface area contributed by atoms with Gasteiger partial charge in [0.15, 0.2) is 0 Å². The van der Waals surface area contributed by atoms with Crippen molar-refractivity contribution in [1.82, 2.24) is 9.80 Å². The van der Waals surface area contributed by atoms with Gasteiger partial charge in [-0.25, -0.2) is 0 Å². The van der Waals surface area contributed by atoms with Crippen molar-refractivity contribution < 1.29 is 9.53 Å². The van der Waals surface area contributed by atoms with E-state index in [0.29, 0.717) is 12.5 Å². The summed E-state index contributed by atoms with van der Waals surface area (Å²) < 4.78 is 5.39. The molecule has 1 aromatic carbocycles. The van der Waals surface area contributed by atoms with Gasteiger partial charge in [0.25, 0.3) is 0 Å². The molecule has 1 spiro atoms. The van der Waals surface area contributed by atoms with Crippen LogP contribution < -0.4 is 4.74 Å². The molecule has 4 heteroatoms. The minimum Gasteiger partial charge on any atom is -0.497 e. The predicted molar refractivity (Wildman–Crippen MR) is 104 cm³/mol. The Morgan fingerprint density at radius 2 is 1.85 bits per heavy atom. The van der Waals surface area contributed by atoms with E-state index in [4.69, 9.17) is 4.74 Å². The summed E-state index contributed by atoms with van der Waals surface area (Å²) in [4.78, 5) is 17.9. The Bertz CT molecular complexity index is 654. The maximum absolute atomic E-state index is 13.2. The van der Waals surface area contributed by atoms with E-state index in [2.05, 4.69) is 28.0 Å². The molecule has 2 saturated heterocycles. The Morgan fingerprint density at radius 1 is 1.04 bits per heavy atom. The number of aryl methyl sites for hydroxylation is 1. The second-order valence-corrected chi connectivity index (χ2v) is 8.38. The Labute approximate surface area is 157 Å². The lowest BCUT2D eigenvalue weighted by molar-refractivity contribution is -0.142. The van der Waals surface area contributed by atoms with Crippen molar-refractivity contribution in [1.29, 1.82) is 0 Å². The van der Waals surface area contributed by atoms with Crippen molar-refractivity contribution in [2.75, 3.05) is 33.3 Å². The normalized spacial score (nSPS) is 26.6. The highest BCUT2D eigenvalue weighted by atomic mass is 16.5. The SMILES string of the molecule is COc1ccc2c(c1)CCC1(CCCCN1C(=O)CN1CCCCC1)C2. The number of fused-ring (bicyclic) bond motifs is 1. The number of methoxy groups -OCH3 is 1. The fourth-order valence-electron chi connectivity index (χ4n) is 5.27. The van der Waals surface area contributed by atoms with Crippen molar-refractivity contribution >= 4 is 5.91 Å². The number of piperidine rings is 2. The highest BCUT2D eigenvalue weighted by Crippen LogP contribution is 2.40. The van der Waals surface area contributed by atoms with Crippen LogP contribution >= 0.6 is 0 Å². The molecule has 0 saturated carbocycles. The first-order chi connectivity index (χ1) is 12.7. The number of carbonyl (C=O) groups is 1. The predicted octanol–water partition coefficient (Wildman–Crippen LogP) is 3.42. The first-order valence-electron chi connectivity index (χ1n) is 10.4. The zero-order valence-electron chi connectivity index (χ0n) is 16.1. The van der Waals surface area contributed by atoms with Gasteiger partial charge in [0.05, 0.1) is 13.7 Å². The summed E-state index contributed by atoms with van der Waals surface area (Å²) >= 11 is 0. The van der Waals surface area contributed by atoms with E-state index in [1.54, 1.807) is 7.11 Å². The van der Waals surface area contributed by atoms with Crippen LogP contribution in [0.15, 0.2) is 18.2 Å². The number of ether oxygens (including phenoxy) is 1. The Balaban J connectivity index is 1.52. The van der Waals surface area contributed by atoms with E-state index in [1.165, 1.54) is 36.8 Å². The van der Waals surface area contributed by atoms with Gasteiger partial charge in [-0.05, 0) is 87.7 Å². The molecule has 142 valence electrons. The van der Waals surface area contributed by atoms with Gasteiger partial charge in [0, 0.05) is 12.1 Å². The van der Waals surface area contributed by atoms with Gasteiger partial charge >= 0.3 is 0 Å². The number of carbonyl (C=O) groups excluding carboxylic acids is 1. The van der Waals surface area contributed by atoms with Gasteiger partial charge in [0.2, 0.25) is 5.91 Å². The summed E-state index contributed by atoms with van der Waals surface area (Å²) in [6.07, 6.45) is 10.5. The molecular formula is C22H32N2O2. The average Bonchev–Trinajstić information content (AvgIpc) is 2.68. The van der Waals surface area contributed by atoms with E-state index >= 15 is 0 Å². The molecule has 1 atom stereocenters. The van der Waals surface area contributed by atoms with Crippen LogP contribution in [0.5, 0.6) is 5.75 Å². The van der Waals surface area contributed by atoms with Crippen molar-refractivity contribution in [3.63, 3.8) is 0 Å². The molecule has 1 aliphatic carbocycles. The van der Waals surface area contributed by atoms with Crippen molar-refractivity contribution in [2.24, 2.45) is 0 Å². The second kappa shape index (κ2) is 7.59. The molecule has 3 aliphatic rings. The molecule has 0 radical (unpaired) electrons. The maximum atomic E-state index is 13.2. The molecule has 1 aromatic rings. The lowest BCUT2D eigenvalue weighted by atomic mass is 9.72. The first kappa shape index (κ1) is 17.8. The molecule has 1 amide bonds. The zero-order chi connectivity index (χ0) is 18.0. The van der Waals surface area contributed by atoms with E-state index < -0.39 is 0 Å². The molecule has 0 N–H and O–H groups in total. The quantitative estimate of drug-likeness (QED) is 0.832. The molecular weight excluding hydrogens is 324 g/mol. The Hall–Kier alpha value is -1.55. The summed E-state index contributed by atoms with van der Waals surface area (Å²) in [7, 11) is 1.73. The third kappa shape index (κ3) is 3.48. The number of hydrogen-bond donors (Lipinski definition) is 0. The Morgan fingerprint density at radius 3 is 2.65 bits per heavy atom. The Kier molecular flexibility index (Phi) is 5.21. The highest BCUT2D eigenvalue weighted by Gasteiger charge is 2.43. The van der Waals surface area contributed by atoms with Crippen LogP contribution in [0.25, 0.3) is 0 Å². The third-order valence-corrected chi connectivity index (χ3v) is 6.75. The second-order valence-electron chi connectivity index (χ2n) is 8.38. The van der Waals surface area contributed by atoms with Crippen LogP contribution in [-0.2, 0) is 17.6 Å². The zero-order valence-corrected chi connectivity index (χ0v) is 16.1. The lowest BCUT2D eigenvalue weighted by Crippen LogP contribution is -2.59.